The van der Waals surface area contributed by atoms with Crippen LogP contribution in [-0.2, 0) is 16.0 Å². The molecule has 0 saturated carbocycles. The molecule has 0 bridgehead atoms. The number of nitrogens with one attached hydrogen (secondary N) is 1. The Hall–Kier alpha value is -2.37. The van der Waals surface area contributed by atoms with E-state index in [1.807, 2.05) is 0 Å². The molecule has 1 atom stereocenters. The number of carbonyl (C=O) groups excluding carboxylic acids is 1. The predicted molar refractivity (Wildman–Crippen MR) is 69.7 cm³/mol. The first kappa shape index (κ1) is 12.7. The van der Waals surface area contributed by atoms with Crippen molar-refractivity contribution in [3.8, 4) is 0 Å². The maximum atomic E-state index is 13.1. The third kappa shape index (κ3) is 2.03. The van der Waals surface area contributed by atoms with Crippen LogP contribution in [0.15, 0.2) is 24.4 Å². The summed E-state index contributed by atoms with van der Waals surface area (Å²) in [5.41, 5.74) is 1.38. The van der Waals surface area contributed by atoms with Crippen LogP contribution in [0.25, 0.3) is 10.9 Å². The second-order valence-corrected chi connectivity index (χ2v) is 4.91. The van der Waals surface area contributed by atoms with Gasteiger partial charge in [-0.25, -0.2) is 9.18 Å². The van der Waals surface area contributed by atoms with Crippen LogP contribution in [-0.4, -0.2) is 39.5 Å². The largest absolute Gasteiger partial charge is 0.480 e. The van der Waals surface area contributed by atoms with E-state index in [1.54, 1.807) is 12.3 Å². The van der Waals surface area contributed by atoms with Gasteiger partial charge >= 0.3 is 5.97 Å². The molecular weight excluding hydrogens is 263 g/mol. The first-order chi connectivity index (χ1) is 9.56. The van der Waals surface area contributed by atoms with Gasteiger partial charge in [-0.1, -0.05) is 0 Å². The van der Waals surface area contributed by atoms with Crippen molar-refractivity contribution in [2.75, 3.05) is 6.54 Å². The summed E-state index contributed by atoms with van der Waals surface area (Å²) < 4.78 is 13.1. The highest BCUT2D eigenvalue weighted by molar-refractivity contribution is 5.91. The van der Waals surface area contributed by atoms with Crippen LogP contribution < -0.4 is 0 Å². The van der Waals surface area contributed by atoms with Gasteiger partial charge < -0.3 is 15.0 Å². The molecule has 104 valence electrons. The van der Waals surface area contributed by atoms with Crippen molar-refractivity contribution in [1.82, 2.24) is 9.88 Å². The highest BCUT2D eigenvalue weighted by atomic mass is 19.1. The molecule has 1 fully saturated rings. The van der Waals surface area contributed by atoms with E-state index in [2.05, 4.69) is 4.98 Å². The van der Waals surface area contributed by atoms with E-state index < -0.39 is 12.0 Å². The first-order valence-electron chi connectivity index (χ1n) is 6.34. The number of nitrogens with zero attached hydrogens (tertiary/aromatic N) is 1. The highest BCUT2D eigenvalue weighted by Crippen LogP contribution is 2.23. The van der Waals surface area contributed by atoms with Gasteiger partial charge in [0.05, 0.1) is 6.42 Å². The standard InChI is InChI=1S/C14H13FN2O3/c15-9-1-2-10-8(7-16-11(10)6-9)5-13(18)17-4-3-12(17)14(19)20/h1-2,6-7,12,16H,3-5H2,(H,19,20). The molecule has 2 N–H and O–H groups in total. The van der Waals surface area contributed by atoms with Crippen LogP contribution in [0.4, 0.5) is 4.39 Å². The summed E-state index contributed by atoms with van der Waals surface area (Å²) in [6.45, 7) is 0.479. The number of aromatic nitrogens is 1. The molecule has 20 heavy (non-hydrogen) atoms. The van der Waals surface area contributed by atoms with Crippen molar-refractivity contribution in [2.24, 2.45) is 0 Å². The maximum Gasteiger partial charge on any atom is 0.326 e. The molecule has 1 amide bonds. The summed E-state index contributed by atoms with van der Waals surface area (Å²) in [6.07, 6.45) is 2.28. The van der Waals surface area contributed by atoms with E-state index in [4.69, 9.17) is 5.11 Å². The third-order valence-electron chi connectivity index (χ3n) is 3.70. The molecule has 0 radical (unpaired) electrons. The van der Waals surface area contributed by atoms with E-state index in [1.165, 1.54) is 17.0 Å². The van der Waals surface area contributed by atoms with Gasteiger partial charge in [0.2, 0.25) is 5.91 Å². The minimum atomic E-state index is -0.967. The minimum Gasteiger partial charge on any atom is -0.480 e. The van der Waals surface area contributed by atoms with Crippen LogP contribution in [0, 0.1) is 5.82 Å². The van der Waals surface area contributed by atoms with Gasteiger partial charge in [0.25, 0.3) is 0 Å². The van der Waals surface area contributed by atoms with Crippen molar-refractivity contribution >= 4 is 22.8 Å². The van der Waals surface area contributed by atoms with Crippen LogP contribution in [0.2, 0.25) is 0 Å². The van der Waals surface area contributed by atoms with Crippen molar-refractivity contribution in [2.45, 2.75) is 18.9 Å². The summed E-state index contributed by atoms with van der Waals surface area (Å²) in [4.78, 5) is 27.3. The summed E-state index contributed by atoms with van der Waals surface area (Å²) in [5.74, 6) is -1.52. The average Bonchev–Trinajstić information content (AvgIpc) is 2.69. The first-order valence-corrected chi connectivity index (χ1v) is 6.34. The molecule has 1 unspecified atom stereocenters. The average molecular weight is 276 g/mol. The molecule has 1 aliphatic heterocycles. The number of hydrogen-bond acceptors (Lipinski definition) is 2. The molecule has 0 aliphatic carbocycles. The van der Waals surface area contributed by atoms with Gasteiger partial charge in [0.15, 0.2) is 0 Å². The lowest BCUT2D eigenvalue weighted by atomic mass is 10.0. The number of hydrogen-bond donors (Lipinski definition) is 2. The predicted octanol–water partition coefficient (Wildman–Crippen LogP) is 1.53. The number of rotatable bonds is 3. The number of carboxylic acids is 1. The SMILES string of the molecule is O=C(O)C1CCN1C(=O)Cc1c[nH]c2cc(F)ccc12. The number of aromatic amines is 1. The van der Waals surface area contributed by atoms with Crippen LogP contribution >= 0.6 is 0 Å². The maximum absolute atomic E-state index is 13.1. The summed E-state index contributed by atoms with van der Waals surface area (Å²) in [6, 6.07) is 3.63. The molecule has 1 aromatic heterocycles. The van der Waals surface area contributed by atoms with E-state index in [0.717, 1.165) is 10.9 Å². The zero-order valence-electron chi connectivity index (χ0n) is 10.6. The molecule has 5 nitrogen and oxygen atoms in total. The zero-order chi connectivity index (χ0) is 14.3. The summed E-state index contributed by atoms with van der Waals surface area (Å²) >= 11 is 0. The van der Waals surface area contributed by atoms with E-state index in [9.17, 15) is 14.0 Å². The van der Waals surface area contributed by atoms with Gasteiger partial charge in [0.1, 0.15) is 11.9 Å². The molecule has 2 aromatic rings. The molecule has 1 aromatic carbocycles. The van der Waals surface area contributed by atoms with Crippen LogP contribution in [0.1, 0.15) is 12.0 Å². The lowest BCUT2D eigenvalue weighted by molar-refractivity contribution is -0.156. The smallest absolute Gasteiger partial charge is 0.326 e. The van der Waals surface area contributed by atoms with E-state index in [0.29, 0.717) is 18.5 Å². The van der Waals surface area contributed by atoms with Gasteiger partial charge in [0, 0.05) is 23.6 Å². The quantitative estimate of drug-likeness (QED) is 0.893. The molecule has 3 rings (SSSR count). The van der Waals surface area contributed by atoms with Crippen LogP contribution in [0.3, 0.4) is 0 Å². The fraction of sp³-hybridized carbons (Fsp3) is 0.286. The number of carboxylic acid groups (broad SMARTS) is 1. The Morgan fingerprint density at radius 2 is 2.25 bits per heavy atom. The monoisotopic (exact) mass is 276 g/mol. The van der Waals surface area contributed by atoms with E-state index >= 15 is 0 Å². The number of halogens is 1. The number of fused-ring (bicyclic) bond motifs is 1. The van der Waals surface area contributed by atoms with Crippen molar-refractivity contribution in [1.29, 1.82) is 0 Å². The van der Waals surface area contributed by atoms with Crippen molar-refractivity contribution in [3.63, 3.8) is 0 Å². The second kappa shape index (κ2) is 4.63. The molecular formula is C14H13FN2O3. The van der Waals surface area contributed by atoms with Gasteiger partial charge in [-0.05, 0) is 30.2 Å². The van der Waals surface area contributed by atoms with Crippen molar-refractivity contribution in [3.05, 3.63) is 35.8 Å². The summed E-state index contributed by atoms with van der Waals surface area (Å²) in [7, 11) is 0. The summed E-state index contributed by atoms with van der Waals surface area (Å²) in [5, 5.41) is 9.72. The number of likely N-dealkylation sites (tertiary alicyclic amines) is 1. The van der Waals surface area contributed by atoms with Gasteiger partial charge in [-0.2, -0.15) is 0 Å². The molecule has 6 heteroatoms. The van der Waals surface area contributed by atoms with Crippen molar-refractivity contribution < 1.29 is 19.1 Å². The Labute approximate surface area is 114 Å². The van der Waals surface area contributed by atoms with E-state index in [-0.39, 0.29) is 18.1 Å². The zero-order valence-corrected chi connectivity index (χ0v) is 10.6. The third-order valence-corrected chi connectivity index (χ3v) is 3.70. The number of H-pyrrole nitrogens is 1. The second-order valence-electron chi connectivity index (χ2n) is 4.91. The number of amides is 1. The Balaban J connectivity index is 1.80. The molecule has 2 heterocycles. The normalized spacial score (nSPS) is 18.1. The highest BCUT2D eigenvalue weighted by Gasteiger charge is 2.37. The molecule has 1 aliphatic rings. The Morgan fingerprint density at radius 1 is 1.45 bits per heavy atom. The lowest BCUT2D eigenvalue weighted by Crippen LogP contribution is -2.55. The Bertz CT molecular complexity index is 695. The molecule has 0 spiro atoms. The Morgan fingerprint density at radius 3 is 2.90 bits per heavy atom. The lowest BCUT2D eigenvalue weighted by Gasteiger charge is -2.38. The fourth-order valence-electron chi connectivity index (χ4n) is 2.51. The van der Waals surface area contributed by atoms with Crippen LogP contribution in [0.5, 0.6) is 0 Å². The number of benzene rings is 1. The Kier molecular flexibility index (Phi) is 2.93. The topological polar surface area (TPSA) is 73.4 Å². The van der Waals surface area contributed by atoms with Gasteiger partial charge in [-0.3, -0.25) is 4.79 Å². The number of aliphatic carboxylic acids is 1. The fourth-order valence-corrected chi connectivity index (χ4v) is 2.51. The number of carbonyl (C=O) groups is 2. The van der Waals surface area contributed by atoms with Gasteiger partial charge in [-0.15, -0.1) is 0 Å². The minimum absolute atomic E-state index is 0.120. The molecule has 1 saturated heterocycles.